The van der Waals surface area contributed by atoms with Gasteiger partial charge >= 0.3 is 12.1 Å². The zero-order chi connectivity index (χ0) is 19.6. The average Bonchev–Trinajstić information content (AvgIpc) is 3.04. The van der Waals surface area contributed by atoms with Crippen molar-refractivity contribution >= 4 is 18.0 Å². The second-order valence-corrected chi connectivity index (χ2v) is 7.86. The van der Waals surface area contributed by atoms with Crippen molar-refractivity contribution in [1.82, 2.24) is 10.6 Å². The standard InChI is InChI=1S/C19H34N2O5/c1-19(2,3)26-18(24)21-15(12-6-5-7-13-16(22)25-4)17(23)20-14-10-8-9-11-14/h14-15H,5-13H2,1-4H3,(H,20,23)(H,21,24)/t15-/m0/s1. The highest BCUT2D eigenvalue weighted by Gasteiger charge is 2.26. The number of methoxy groups -OCH3 is 1. The maximum absolute atomic E-state index is 12.6. The summed E-state index contributed by atoms with van der Waals surface area (Å²) in [6.45, 7) is 5.35. The quantitative estimate of drug-likeness (QED) is 0.480. The van der Waals surface area contributed by atoms with Crippen LogP contribution in [0.3, 0.4) is 0 Å². The van der Waals surface area contributed by atoms with Crippen molar-refractivity contribution in [2.45, 2.75) is 96.2 Å². The largest absolute Gasteiger partial charge is 0.469 e. The molecule has 0 unspecified atom stereocenters. The van der Waals surface area contributed by atoms with Crippen LogP contribution in [0.1, 0.15) is 78.6 Å². The lowest BCUT2D eigenvalue weighted by Crippen LogP contribution is -2.50. The molecule has 2 N–H and O–H groups in total. The topological polar surface area (TPSA) is 93.7 Å². The molecule has 0 saturated heterocycles. The van der Waals surface area contributed by atoms with Gasteiger partial charge in [-0.15, -0.1) is 0 Å². The minimum absolute atomic E-state index is 0.157. The lowest BCUT2D eigenvalue weighted by Gasteiger charge is -2.24. The van der Waals surface area contributed by atoms with Gasteiger partial charge in [0.2, 0.25) is 5.91 Å². The molecule has 1 saturated carbocycles. The number of esters is 1. The van der Waals surface area contributed by atoms with Gasteiger partial charge in [-0.05, 0) is 46.5 Å². The van der Waals surface area contributed by atoms with E-state index in [0.29, 0.717) is 19.3 Å². The number of unbranched alkanes of at least 4 members (excludes halogenated alkanes) is 2. The Hall–Kier alpha value is -1.79. The maximum atomic E-state index is 12.6. The van der Waals surface area contributed by atoms with E-state index in [1.807, 2.05) is 0 Å². The van der Waals surface area contributed by atoms with Crippen molar-refractivity contribution in [3.63, 3.8) is 0 Å². The summed E-state index contributed by atoms with van der Waals surface area (Å²) in [7, 11) is 1.37. The number of carbonyl (C=O) groups excluding carboxylic acids is 3. The Balaban J connectivity index is 2.49. The molecular formula is C19H34N2O5. The zero-order valence-electron chi connectivity index (χ0n) is 16.6. The van der Waals surface area contributed by atoms with Crippen LogP contribution >= 0.6 is 0 Å². The highest BCUT2D eigenvalue weighted by Crippen LogP contribution is 2.18. The molecule has 0 heterocycles. The fourth-order valence-corrected chi connectivity index (χ4v) is 2.99. The van der Waals surface area contributed by atoms with Crippen molar-refractivity contribution in [3.8, 4) is 0 Å². The van der Waals surface area contributed by atoms with E-state index in [9.17, 15) is 14.4 Å². The van der Waals surface area contributed by atoms with Gasteiger partial charge in [0.1, 0.15) is 11.6 Å². The molecule has 1 fully saturated rings. The van der Waals surface area contributed by atoms with Gasteiger partial charge in [0.15, 0.2) is 0 Å². The molecule has 0 aromatic rings. The van der Waals surface area contributed by atoms with E-state index in [0.717, 1.165) is 38.5 Å². The number of hydrogen-bond donors (Lipinski definition) is 2. The third kappa shape index (κ3) is 9.63. The highest BCUT2D eigenvalue weighted by atomic mass is 16.6. The fourth-order valence-electron chi connectivity index (χ4n) is 2.99. The number of nitrogens with one attached hydrogen (secondary N) is 2. The molecular weight excluding hydrogens is 336 g/mol. The number of rotatable bonds is 9. The number of ether oxygens (including phenoxy) is 2. The summed E-state index contributed by atoms with van der Waals surface area (Å²) in [6, 6.07) is -0.423. The fraction of sp³-hybridized carbons (Fsp3) is 0.842. The molecule has 150 valence electrons. The Morgan fingerprint density at radius 2 is 1.73 bits per heavy atom. The van der Waals surface area contributed by atoms with Crippen LogP contribution in [0.5, 0.6) is 0 Å². The van der Waals surface area contributed by atoms with Crippen LogP contribution in [0.25, 0.3) is 0 Å². The Morgan fingerprint density at radius 1 is 1.08 bits per heavy atom. The Morgan fingerprint density at radius 3 is 2.31 bits per heavy atom. The van der Waals surface area contributed by atoms with Crippen LogP contribution < -0.4 is 10.6 Å². The Bertz CT molecular complexity index is 467. The molecule has 1 aliphatic rings. The minimum atomic E-state index is -0.622. The zero-order valence-corrected chi connectivity index (χ0v) is 16.6. The van der Waals surface area contributed by atoms with Gasteiger partial charge in [-0.1, -0.05) is 25.7 Å². The molecule has 0 aliphatic heterocycles. The van der Waals surface area contributed by atoms with E-state index >= 15 is 0 Å². The number of hydrogen-bond acceptors (Lipinski definition) is 5. The molecule has 1 aliphatic carbocycles. The molecule has 2 amide bonds. The van der Waals surface area contributed by atoms with Crippen LogP contribution in [0, 0.1) is 0 Å². The van der Waals surface area contributed by atoms with Crippen molar-refractivity contribution < 1.29 is 23.9 Å². The summed E-state index contributed by atoms with van der Waals surface area (Å²) in [6.07, 6.45) is 6.76. The number of carbonyl (C=O) groups is 3. The van der Waals surface area contributed by atoms with Gasteiger partial charge < -0.3 is 20.1 Å². The van der Waals surface area contributed by atoms with Crippen molar-refractivity contribution in [3.05, 3.63) is 0 Å². The second-order valence-electron chi connectivity index (χ2n) is 7.86. The molecule has 0 spiro atoms. The molecule has 7 nitrogen and oxygen atoms in total. The smallest absolute Gasteiger partial charge is 0.408 e. The first kappa shape index (κ1) is 22.3. The first-order valence-electron chi connectivity index (χ1n) is 9.58. The van der Waals surface area contributed by atoms with E-state index in [1.165, 1.54) is 7.11 Å². The first-order valence-corrected chi connectivity index (χ1v) is 9.58. The summed E-state index contributed by atoms with van der Waals surface area (Å²) in [5.74, 6) is -0.386. The summed E-state index contributed by atoms with van der Waals surface area (Å²) in [4.78, 5) is 35.7. The van der Waals surface area contributed by atoms with Gasteiger partial charge in [-0.2, -0.15) is 0 Å². The molecule has 0 bridgehead atoms. The molecule has 1 atom stereocenters. The van der Waals surface area contributed by atoms with Crippen LogP contribution in [0.2, 0.25) is 0 Å². The number of alkyl carbamates (subject to hydrolysis) is 1. The number of amides is 2. The lowest BCUT2D eigenvalue weighted by molar-refractivity contribution is -0.140. The van der Waals surface area contributed by atoms with Gasteiger partial charge in [-0.25, -0.2) is 4.79 Å². The van der Waals surface area contributed by atoms with E-state index in [-0.39, 0.29) is 17.9 Å². The molecule has 1 rings (SSSR count). The van der Waals surface area contributed by atoms with E-state index in [2.05, 4.69) is 15.4 Å². The summed E-state index contributed by atoms with van der Waals surface area (Å²) >= 11 is 0. The van der Waals surface area contributed by atoms with Crippen LogP contribution in [0.4, 0.5) is 4.79 Å². The van der Waals surface area contributed by atoms with Crippen molar-refractivity contribution in [2.24, 2.45) is 0 Å². The summed E-state index contributed by atoms with van der Waals surface area (Å²) in [5.41, 5.74) is -0.614. The SMILES string of the molecule is COC(=O)CCCCC[C@H](NC(=O)OC(C)(C)C)C(=O)NC1CCCC1. The molecule has 26 heavy (non-hydrogen) atoms. The predicted molar refractivity (Wildman–Crippen MR) is 98.7 cm³/mol. The third-order valence-electron chi connectivity index (χ3n) is 4.31. The molecule has 0 radical (unpaired) electrons. The van der Waals surface area contributed by atoms with Gasteiger partial charge in [0.25, 0.3) is 0 Å². The monoisotopic (exact) mass is 370 g/mol. The predicted octanol–water partition coefficient (Wildman–Crippen LogP) is 3.06. The first-order chi connectivity index (χ1) is 12.2. The van der Waals surface area contributed by atoms with Gasteiger partial charge in [0.05, 0.1) is 7.11 Å². The average molecular weight is 370 g/mol. The second kappa shape index (κ2) is 11.0. The van der Waals surface area contributed by atoms with Crippen LogP contribution in [-0.2, 0) is 19.1 Å². The Kier molecular flexibility index (Phi) is 9.44. The lowest BCUT2D eigenvalue weighted by atomic mass is 10.1. The van der Waals surface area contributed by atoms with Crippen molar-refractivity contribution in [2.75, 3.05) is 7.11 Å². The minimum Gasteiger partial charge on any atom is -0.469 e. The highest BCUT2D eigenvalue weighted by molar-refractivity contribution is 5.85. The van der Waals surface area contributed by atoms with Crippen LogP contribution in [-0.4, -0.2) is 42.8 Å². The summed E-state index contributed by atoms with van der Waals surface area (Å²) < 4.78 is 9.88. The van der Waals surface area contributed by atoms with E-state index < -0.39 is 17.7 Å². The maximum Gasteiger partial charge on any atom is 0.408 e. The van der Waals surface area contributed by atoms with Crippen molar-refractivity contribution in [1.29, 1.82) is 0 Å². The Labute approximate surface area is 156 Å². The van der Waals surface area contributed by atoms with Gasteiger partial charge in [-0.3, -0.25) is 9.59 Å². The van der Waals surface area contributed by atoms with Gasteiger partial charge in [0, 0.05) is 12.5 Å². The molecule has 0 aromatic carbocycles. The molecule has 7 heteroatoms. The van der Waals surface area contributed by atoms with Crippen LogP contribution in [0.15, 0.2) is 0 Å². The van der Waals surface area contributed by atoms with E-state index in [4.69, 9.17) is 4.74 Å². The summed E-state index contributed by atoms with van der Waals surface area (Å²) in [5, 5.41) is 5.73. The van der Waals surface area contributed by atoms with E-state index in [1.54, 1.807) is 20.8 Å². The molecule has 0 aromatic heterocycles. The normalized spacial score (nSPS) is 16.0. The third-order valence-corrected chi connectivity index (χ3v) is 4.31.